The number of halogens is 1. The van der Waals surface area contributed by atoms with E-state index in [2.05, 4.69) is 45.0 Å². The lowest BCUT2D eigenvalue weighted by Crippen LogP contribution is -2.44. The van der Waals surface area contributed by atoms with Crippen molar-refractivity contribution in [2.24, 2.45) is 16.6 Å². The molecule has 0 spiro atoms. The van der Waals surface area contributed by atoms with E-state index < -0.39 is 5.91 Å². The fourth-order valence-corrected chi connectivity index (χ4v) is 4.53. The molecular weight excluding hydrogens is 509 g/mol. The molecule has 4 N–H and O–H groups in total. The first-order valence-electron chi connectivity index (χ1n) is 10.2. The van der Waals surface area contributed by atoms with E-state index in [1.165, 1.54) is 17.7 Å². The van der Waals surface area contributed by atoms with Gasteiger partial charge in [-0.1, -0.05) is 25.1 Å². The van der Waals surface area contributed by atoms with Gasteiger partial charge in [-0.3, -0.25) is 14.7 Å². The summed E-state index contributed by atoms with van der Waals surface area (Å²) in [6.07, 6.45) is 2.51. The third-order valence-corrected chi connectivity index (χ3v) is 6.46. The number of benzene rings is 1. The Morgan fingerprint density at radius 3 is 2.67 bits per heavy atom. The highest BCUT2D eigenvalue weighted by Gasteiger charge is 2.25. The predicted molar refractivity (Wildman–Crippen MR) is 136 cm³/mol. The topological polar surface area (TPSA) is 82.7 Å². The molecular formula is C22H32IN5OS. The van der Waals surface area contributed by atoms with Crippen LogP contribution in [0.3, 0.4) is 0 Å². The second-order valence-corrected chi connectivity index (χ2v) is 8.60. The van der Waals surface area contributed by atoms with Crippen molar-refractivity contribution in [1.82, 2.24) is 15.5 Å². The van der Waals surface area contributed by atoms with Crippen LogP contribution in [0.1, 0.15) is 46.6 Å². The number of hydrogen-bond acceptors (Lipinski definition) is 4. The fraction of sp³-hybridized carbons (Fsp3) is 0.455. The van der Waals surface area contributed by atoms with E-state index in [9.17, 15) is 4.79 Å². The Morgan fingerprint density at radius 1 is 1.27 bits per heavy atom. The van der Waals surface area contributed by atoms with Crippen LogP contribution in [0.4, 0.5) is 0 Å². The monoisotopic (exact) mass is 541 g/mol. The van der Waals surface area contributed by atoms with Gasteiger partial charge < -0.3 is 16.4 Å². The second kappa shape index (κ2) is 12.3. The summed E-state index contributed by atoms with van der Waals surface area (Å²) in [7, 11) is 1.78. The lowest BCUT2D eigenvalue weighted by molar-refractivity contribution is 0.1000. The van der Waals surface area contributed by atoms with Gasteiger partial charge in [-0.25, -0.2) is 0 Å². The zero-order valence-corrected chi connectivity index (χ0v) is 20.8. The SMILES string of the molecule is CN=C(NCc1cccc(C(N)=O)c1)NCC(c1cccs1)N1CCC(C)CC1.I. The normalized spacial score (nSPS) is 16.5. The van der Waals surface area contributed by atoms with E-state index in [1.807, 2.05) is 29.5 Å². The number of primary amides is 1. The molecule has 0 aliphatic carbocycles. The van der Waals surface area contributed by atoms with E-state index in [1.54, 1.807) is 13.1 Å². The summed E-state index contributed by atoms with van der Waals surface area (Å²) in [6.45, 7) is 5.99. The number of guanidine groups is 1. The molecule has 6 nitrogen and oxygen atoms in total. The van der Waals surface area contributed by atoms with Crippen molar-refractivity contribution in [3.63, 3.8) is 0 Å². The predicted octanol–water partition coefficient (Wildman–Crippen LogP) is 3.60. The van der Waals surface area contributed by atoms with Gasteiger partial charge >= 0.3 is 0 Å². The maximum atomic E-state index is 11.4. The summed E-state index contributed by atoms with van der Waals surface area (Å²) in [6, 6.07) is 12.0. The number of piperidine rings is 1. The molecule has 1 aliphatic heterocycles. The molecule has 0 saturated carbocycles. The fourth-order valence-electron chi connectivity index (χ4n) is 3.67. The molecule has 1 aromatic carbocycles. The zero-order valence-electron chi connectivity index (χ0n) is 17.6. The molecule has 1 fully saturated rings. The van der Waals surface area contributed by atoms with Crippen molar-refractivity contribution in [3.8, 4) is 0 Å². The highest BCUT2D eigenvalue weighted by molar-refractivity contribution is 14.0. The average molecular weight is 542 g/mol. The lowest BCUT2D eigenvalue weighted by Gasteiger charge is -2.36. The van der Waals surface area contributed by atoms with Gasteiger partial charge in [0.2, 0.25) is 5.91 Å². The van der Waals surface area contributed by atoms with Crippen molar-refractivity contribution < 1.29 is 4.79 Å². The molecule has 1 amide bonds. The highest BCUT2D eigenvalue weighted by Crippen LogP contribution is 2.29. The third kappa shape index (κ3) is 6.95. The van der Waals surface area contributed by atoms with Crippen LogP contribution >= 0.6 is 35.3 Å². The Bertz CT molecular complexity index is 819. The molecule has 1 saturated heterocycles. The first kappa shape index (κ1) is 24.6. The van der Waals surface area contributed by atoms with Gasteiger partial charge in [0.1, 0.15) is 0 Å². The molecule has 30 heavy (non-hydrogen) atoms. The summed E-state index contributed by atoms with van der Waals surface area (Å²) in [5.74, 6) is 1.15. The maximum Gasteiger partial charge on any atom is 0.248 e. The van der Waals surface area contributed by atoms with Gasteiger partial charge in [0, 0.05) is 30.6 Å². The summed E-state index contributed by atoms with van der Waals surface area (Å²) >= 11 is 1.81. The van der Waals surface area contributed by atoms with Crippen molar-refractivity contribution in [2.75, 3.05) is 26.7 Å². The molecule has 2 aromatic rings. The molecule has 8 heteroatoms. The van der Waals surface area contributed by atoms with Crippen LogP contribution in [0.15, 0.2) is 46.8 Å². The van der Waals surface area contributed by atoms with Crippen molar-refractivity contribution in [2.45, 2.75) is 32.4 Å². The Kier molecular flexibility index (Phi) is 10.1. The molecule has 1 atom stereocenters. The van der Waals surface area contributed by atoms with Crippen LogP contribution in [0.25, 0.3) is 0 Å². The summed E-state index contributed by atoms with van der Waals surface area (Å²) in [5.41, 5.74) is 6.88. The Balaban J connectivity index is 0.00000320. The minimum absolute atomic E-state index is 0. The molecule has 1 unspecified atom stereocenters. The second-order valence-electron chi connectivity index (χ2n) is 7.62. The maximum absolute atomic E-state index is 11.4. The molecule has 1 aromatic heterocycles. The van der Waals surface area contributed by atoms with Crippen LogP contribution in [0.5, 0.6) is 0 Å². The van der Waals surface area contributed by atoms with Gasteiger partial charge in [0.15, 0.2) is 5.96 Å². The van der Waals surface area contributed by atoms with Gasteiger partial charge in [-0.15, -0.1) is 35.3 Å². The molecule has 2 heterocycles. The number of nitrogens with zero attached hydrogens (tertiary/aromatic N) is 2. The van der Waals surface area contributed by atoms with Crippen LogP contribution in [-0.2, 0) is 6.54 Å². The van der Waals surface area contributed by atoms with Crippen LogP contribution in [0.2, 0.25) is 0 Å². The van der Waals surface area contributed by atoms with E-state index in [0.29, 0.717) is 18.2 Å². The Labute approximate surface area is 200 Å². The number of hydrogen-bond donors (Lipinski definition) is 3. The van der Waals surface area contributed by atoms with Crippen LogP contribution in [0, 0.1) is 5.92 Å². The van der Waals surface area contributed by atoms with Gasteiger partial charge in [-0.05, 0) is 61.0 Å². The zero-order chi connectivity index (χ0) is 20.6. The van der Waals surface area contributed by atoms with Crippen LogP contribution < -0.4 is 16.4 Å². The first-order chi connectivity index (χ1) is 14.1. The number of likely N-dealkylation sites (tertiary alicyclic amines) is 1. The quantitative estimate of drug-likeness (QED) is 0.284. The van der Waals surface area contributed by atoms with E-state index >= 15 is 0 Å². The smallest absolute Gasteiger partial charge is 0.248 e. The summed E-state index contributed by atoms with van der Waals surface area (Å²) < 4.78 is 0. The number of nitrogens with two attached hydrogens (primary N) is 1. The molecule has 0 bridgehead atoms. The minimum atomic E-state index is -0.413. The number of thiophene rings is 1. The van der Waals surface area contributed by atoms with Gasteiger partial charge in [0.25, 0.3) is 0 Å². The van der Waals surface area contributed by atoms with Crippen molar-refractivity contribution in [3.05, 3.63) is 57.8 Å². The number of rotatable bonds is 7. The molecule has 1 aliphatic rings. The number of nitrogens with one attached hydrogen (secondary N) is 2. The van der Waals surface area contributed by atoms with Gasteiger partial charge in [-0.2, -0.15) is 0 Å². The molecule has 3 rings (SSSR count). The standard InChI is InChI=1S/C22H31N5OS.HI/c1-16-8-10-27(11-9-16)19(20-7-4-12-29-20)15-26-22(24-2)25-14-17-5-3-6-18(13-17)21(23)28;/h3-7,12-13,16,19H,8-11,14-15H2,1-2H3,(H2,23,28)(H2,24,25,26);1H. The lowest BCUT2D eigenvalue weighted by atomic mass is 9.97. The molecule has 0 radical (unpaired) electrons. The largest absolute Gasteiger partial charge is 0.366 e. The summed E-state index contributed by atoms with van der Waals surface area (Å²) in [4.78, 5) is 19.7. The number of carbonyl (C=O) groups is 1. The van der Waals surface area contributed by atoms with Crippen molar-refractivity contribution in [1.29, 1.82) is 0 Å². The summed E-state index contributed by atoms with van der Waals surface area (Å²) in [5, 5.41) is 8.97. The minimum Gasteiger partial charge on any atom is -0.366 e. The number of aliphatic imine (C=N–C) groups is 1. The first-order valence-corrected chi connectivity index (χ1v) is 11.1. The highest BCUT2D eigenvalue weighted by atomic mass is 127. The van der Waals surface area contributed by atoms with Crippen molar-refractivity contribution >= 4 is 47.2 Å². The molecule has 164 valence electrons. The Morgan fingerprint density at radius 2 is 2.03 bits per heavy atom. The van der Waals surface area contributed by atoms with Gasteiger partial charge in [0.05, 0.1) is 6.04 Å². The van der Waals surface area contributed by atoms with Crippen LogP contribution in [-0.4, -0.2) is 43.4 Å². The third-order valence-electron chi connectivity index (χ3n) is 5.49. The Hall–Kier alpha value is -1.65. The van der Waals surface area contributed by atoms with E-state index in [-0.39, 0.29) is 24.0 Å². The number of carbonyl (C=O) groups excluding carboxylic acids is 1. The van der Waals surface area contributed by atoms with E-state index in [4.69, 9.17) is 5.73 Å². The number of amides is 1. The van der Waals surface area contributed by atoms with E-state index in [0.717, 1.165) is 37.1 Å². The average Bonchev–Trinajstić information content (AvgIpc) is 3.26.